The molecule has 0 aromatic heterocycles. The fraction of sp³-hybridized carbons (Fsp3) is 0.222. The molecule has 0 saturated carbocycles. The number of benzene rings is 2. The predicted molar refractivity (Wildman–Crippen MR) is 103 cm³/mol. The second-order valence-electron chi connectivity index (χ2n) is 7.05. The number of halogens is 10. The van der Waals surface area contributed by atoms with Crippen molar-refractivity contribution in [1.82, 2.24) is 0 Å². The summed E-state index contributed by atoms with van der Waals surface area (Å²) in [6.45, 7) is 0. The summed E-state index contributed by atoms with van der Waals surface area (Å²) in [7, 11) is 0. The third-order valence-corrected chi connectivity index (χ3v) is 4.55. The lowest BCUT2D eigenvalue weighted by molar-refractivity contribution is -0.387. The molecule has 2 N–H and O–H groups in total. The first-order valence-corrected chi connectivity index (χ1v) is 9.20. The van der Waals surface area contributed by atoms with Crippen molar-refractivity contribution >= 4 is 34.6 Å². The van der Waals surface area contributed by atoms with Crippen LogP contribution in [0.25, 0.3) is 0 Å². The molecule has 0 unspecified atom stereocenters. The molecule has 0 aliphatic carbocycles. The first-order chi connectivity index (χ1) is 17.2. The first kappa shape index (κ1) is 29.7. The minimum absolute atomic E-state index is 0.0174. The molecule has 0 atom stereocenters. The van der Waals surface area contributed by atoms with Crippen LogP contribution in [-0.2, 0) is 9.59 Å². The van der Waals surface area contributed by atoms with Gasteiger partial charge in [0.15, 0.2) is 0 Å². The lowest BCUT2D eigenvalue weighted by Crippen LogP contribution is -2.67. The zero-order valence-corrected chi connectivity index (χ0v) is 17.6. The lowest BCUT2D eigenvalue weighted by Gasteiger charge is -2.35. The van der Waals surface area contributed by atoms with E-state index in [0.717, 1.165) is 10.6 Å². The minimum Gasteiger partial charge on any atom is -0.320 e. The van der Waals surface area contributed by atoms with Crippen LogP contribution < -0.4 is 10.6 Å². The molecule has 0 bridgehead atoms. The third-order valence-electron chi connectivity index (χ3n) is 4.55. The highest BCUT2D eigenvalue weighted by molar-refractivity contribution is 5.99. The maximum absolute atomic E-state index is 14.1. The Morgan fingerprint density at radius 2 is 0.921 bits per heavy atom. The number of anilines is 2. The van der Waals surface area contributed by atoms with Gasteiger partial charge in [0.25, 0.3) is 0 Å². The van der Waals surface area contributed by atoms with Gasteiger partial charge in [-0.05, 0) is 24.3 Å². The Morgan fingerprint density at radius 1 is 0.632 bits per heavy atom. The van der Waals surface area contributed by atoms with E-state index in [-0.39, 0.29) is 24.3 Å². The molecule has 0 fully saturated rings. The molecule has 2 aromatic carbocycles. The van der Waals surface area contributed by atoms with Crippen LogP contribution in [-0.4, -0.2) is 45.4 Å². The van der Waals surface area contributed by atoms with Crippen LogP contribution >= 0.6 is 0 Å². The molecule has 2 amide bonds. The van der Waals surface area contributed by atoms with Crippen molar-refractivity contribution < 1.29 is 63.3 Å². The summed E-state index contributed by atoms with van der Waals surface area (Å²) in [5.74, 6) is -38.2. The Balaban J connectivity index is 2.37. The van der Waals surface area contributed by atoms with Gasteiger partial charge >= 0.3 is 46.9 Å². The van der Waals surface area contributed by atoms with Gasteiger partial charge in [0.1, 0.15) is 0 Å². The van der Waals surface area contributed by atoms with Crippen molar-refractivity contribution in [1.29, 1.82) is 0 Å². The number of nitro groups is 2. The second kappa shape index (κ2) is 9.74. The van der Waals surface area contributed by atoms with Gasteiger partial charge in [-0.2, -0.15) is 43.9 Å². The molecule has 0 heterocycles. The zero-order chi connectivity index (χ0) is 29.4. The van der Waals surface area contributed by atoms with Crippen molar-refractivity contribution in [2.24, 2.45) is 0 Å². The molecule has 2 aromatic rings. The highest BCUT2D eigenvalue weighted by atomic mass is 19.4. The van der Waals surface area contributed by atoms with Gasteiger partial charge in [-0.25, -0.2) is 0 Å². The maximum atomic E-state index is 14.1. The van der Waals surface area contributed by atoms with Gasteiger partial charge in [0.05, 0.1) is 9.85 Å². The van der Waals surface area contributed by atoms with Gasteiger partial charge < -0.3 is 10.6 Å². The average Bonchev–Trinajstić information content (AvgIpc) is 2.80. The van der Waals surface area contributed by atoms with Crippen molar-refractivity contribution in [3.63, 3.8) is 0 Å². The van der Waals surface area contributed by atoms with Crippen molar-refractivity contribution in [3.05, 3.63) is 68.3 Å². The van der Waals surface area contributed by atoms with Crippen molar-refractivity contribution in [2.45, 2.75) is 23.7 Å². The van der Waals surface area contributed by atoms with Gasteiger partial charge in [-0.3, -0.25) is 29.8 Å². The van der Waals surface area contributed by atoms with E-state index in [1.807, 2.05) is 0 Å². The highest BCUT2D eigenvalue weighted by Gasteiger charge is 2.84. The van der Waals surface area contributed by atoms with Crippen molar-refractivity contribution in [3.8, 4) is 0 Å². The van der Waals surface area contributed by atoms with E-state index in [1.54, 1.807) is 0 Å². The predicted octanol–water partition coefficient (Wildman–Crippen LogP) is 4.90. The Kier molecular flexibility index (Phi) is 7.62. The van der Waals surface area contributed by atoms with E-state index in [4.69, 9.17) is 0 Å². The molecule has 2 rings (SSSR count). The van der Waals surface area contributed by atoms with Gasteiger partial charge in [0.2, 0.25) is 11.6 Å². The van der Waals surface area contributed by atoms with Gasteiger partial charge in [0, 0.05) is 23.5 Å². The van der Waals surface area contributed by atoms with Crippen LogP contribution in [0.5, 0.6) is 0 Å². The molecule has 10 nitrogen and oxygen atoms in total. The largest absolute Gasteiger partial charge is 0.393 e. The van der Waals surface area contributed by atoms with Crippen LogP contribution in [0.4, 0.5) is 66.7 Å². The Labute approximate surface area is 201 Å². The molecule has 206 valence electrons. The van der Waals surface area contributed by atoms with Crippen LogP contribution in [0.15, 0.2) is 36.4 Å². The fourth-order valence-corrected chi connectivity index (χ4v) is 2.56. The third kappa shape index (κ3) is 5.00. The highest BCUT2D eigenvalue weighted by Crippen LogP contribution is 2.53. The first-order valence-electron chi connectivity index (χ1n) is 9.20. The van der Waals surface area contributed by atoms with Crippen LogP contribution in [0.2, 0.25) is 0 Å². The number of carbonyl (C=O) groups is 2. The number of rotatable bonds is 9. The zero-order valence-electron chi connectivity index (χ0n) is 17.6. The van der Waals surface area contributed by atoms with Crippen molar-refractivity contribution in [2.75, 3.05) is 10.6 Å². The molecule has 38 heavy (non-hydrogen) atoms. The maximum Gasteiger partial charge on any atom is 0.393 e. The van der Waals surface area contributed by atoms with Crippen LogP contribution in [0.3, 0.4) is 0 Å². The fourth-order valence-electron chi connectivity index (χ4n) is 2.56. The Morgan fingerprint density at radius 3 is 1.18 bits per heavy atom. The second-order valence-corrected chi connectivity index (χ2v) is 7.05. The summed E-state index contributed by atoms with van der Waals surface area (Å²) in [6.07, 6.45) is 0. The van der Waals surface area contributed by atoms with Crippen LogP contribution in [0.1, 0.15) is 0 Å². The molecule has 0 radical (unpaired) electrons. The monoisotopic (exact) mass is 566 g/mol. The molecule has 0 saturated heterocycles. The summed E-state index contributed by atoms with van der Waals surface area (Å²) in [6, 6.07) is 1.02. The molecule has 0 aliphatic rings. The van der Waals surface area contributed by atoms with Crippen LogP contribution in [0, 0.1) is 31.9 Å². The molecular weight excluding hydrogens is 558 g/mol. The normalized spacial score (nSPS) is 12.6. The Bertz CT molecular complexity index is 1220. The standard InChI is InChI=1S/C18H8F10N4O6/c19-9-3-1-7(5-11(9)31(35)36)29-13(33)15(21,22)17(25,26)18(27,28)16(23,24)14(34)30-8-2-4-10(20)12(6-8)32(37)38/h1-6H,(H,29,33)(H,30,34). The van der Waals surface area contributed by atoms with Gasteiger partial charge in [-0.1, -0.05) is 0 Å². The number of nitro benzene ring substituents is 2. The summed E-state index contributed by atoms with van der Waals surface area (Å²) >= 11 is 0. The summed E-state index contributed by atoms with van der Waals surface area (Å²) in [5, 5.41) is 22.9. The minimum atomic E-state index is -7.34. The number of hydrogen-bond acceptors (Lipinski definition) is 6. The molecule has 20 heteroatoms. The molecular formula is C18H8F10N4O6. The number of nitrogens with zero attached hydrogens (tertiary/aromatic N) is 2. The summed E-state index contributed by atoms with van der Waals surface area (Å²) in [4.78, 5) is 41.6. The average molecular weight is 566 g/mol. The number of carbonyl (C=O) groups excluding carboxylic acids is 2. The van der Waals surface area contributed by atoms with E-state index in [2.05, 4.69) is 0 Å². The number of nitrogens with one attached hydrogen (secondary N) is 2. The van der Waals surface area contributed by atoms with Gasteiger partial charge in [-0.15, -0.1) is 0 Å². The smallest absolute Gasteiger partial charge is 0.320 e. The Hall–Kier alpha value is -4.52. The number of alkyl halides is 8. The van der Waals surface area contributed by atoms with E-state index in [1.165, 1.54) is 0 Å². The summed E-state index contributed by atoms with van der Waals surface area (Å²) in [5.41, 5.74) is -5.37. The van der Waals surface area contributed by atoms with E-state index < -0.39 is 79.7 Å². The quantitative estimate of drug-likeness (QED) is 0.251. The SMILES string of the molecule is O=C(Nc1ccc(F)c([N+](=O)[O-])c1)C(F)(F)C(F)(F)C(F)(F)C(F)(F)C(=O)Nc1ccc(F)c([N+](=O)[O-])c1. The molecule has 0 spiro atoms. The number of hydrogen-bond donors (Lipinski definition) is 2. The van der Waals surface area contributed by atoms with E-state index in [0.29, 0.717) is 12.1 Å². The lowest BCUT2D eigenvalue weighted by atomic mass is 9.97. The van der Waals surface area contributed by atoms with E-state index >= 15 is 0 Å². The summed E-state index contributed by atoms with van der Waals surface area (Å²) < 4.78 is 139. The number of amides is 2. The van der Waals surface area contributed by atoms with E-state index in [9.17, 15) is 73.7 Å². The molecule has 0 aliphatic heterocycles. The topological polar surface area (TPSA) is 144 Å².